The first-order chi connectivity index (χ1) is 32.1. The van der Waals surface area contributed by atoms with E-state index < -0.39 is 54.7 Å². The Morgan fingerprint density at radius 2 is 1.28 bits per heavy atom. The molecular formula is C45H50N6O14S2. The smallest absolute Gasteiger partial charge is 0.305 e. The van der Waals surface area contributed by atoms with Crippen molar-refractivity contribution >= 4 is 90.1 Å². The molecule has 67 heavy (non-hydrogen) atoms. The molecule has 0 bridgehead atoms. The highest BCUT2D eigenvalue weighted by Gasteiger charge is 2.23. The van der Waals surface area contributed by atoms with E-state index in [-0.39, 0.29) is 81.9 Å². The van der Waals surface area contributed by atoms with E-state index in [4.69, 9.17) is 34.9 Å². The van der Waals surface area contributed by atoms with Gasteiger partial charge in [-0.15, -0.1) is 22.7 Å². The molecular weight excluding hydrogens is 913 g/mol. The molecule has 2 aromatic heterocycles. The van der Waals surface area contributed by atoms with E-state index in [1.54, 1.807) is 73.8 Å². The Bertz CT molecular complexity index is 2600. The number of hydrogen-bond acceptors (Lipinski definition) is 15. The Balaban J connectivity index is 1.21. The van der Waals surface area contributed by atoms with Gasteiger partial charge >= 0.3 is 11.9 Å². The molecule has 8 N–H and O–H groups in total. The van der Waals surface area contributed by atoms with Crippen molar-refractivity contribution in [2.75, 3.05) is 60.3 Å². The quantitative estimate of drug-likeness (QED) is 0.0226. The van der Waals surface area contributed by atoms with Crippen LogP contribution in [0.2, 0.25) is 0 Å². The number of carboxylic acids is 2. The number of hydrogen-bond donors (Lipinski definition) is 7. The lowest BCUT2D eigenvalue weighted by Gasteiger charge is -2.19. The maximum absolute atomic E-state index is 13.2. The Morgan fingerprint density at radius 1 is 0.687 bits per heavy atom. The molecule has 20 nitrogen and oxygen atoms in total. The van der Waals surface area contributed by atoms with E-state index in [1.807, 2.05) is 0 Å². The molecule has 5 aromatic rings. The number of nitrogens with zero attached hydrogens (tertiary/aromatic N) is 1. The summed E-state index contributed by atoms with van der Waals surface area (Å²) in [5.41, 5.74) is 6.02. The predicted octanol–water partition coefficient (Wildman–Crippen LogP) is 2.94. The van der Waals surface area contributed by atoms with Gasteiger partial charge in [-0.2, -0.15) is 0 Å². The minimum atomic E-state index is -1.10. The van der Waals surface area contributed by atoms with Crippen molar-refractivity contribution in [2.45, 2.75) is 38.1 Å². The summed E-state index contributed by atoms with van der Waals surface area (Å²) in [6.07, 6.45) is -0.214. The molecule has 2 heterocycles. The van der Waals surface area contributed by atoms with E-state index in [1.165, 1.54) is 23.3 Å². The molecule has 356 valence electrons. The van der Waals surface area contributed by atoms with Gasteiger partial charge in [0.05, 0.1) is 62.6 Å². The first-order valence-electron chi connectivity index (χ1n) is 20.8. The summed E-state index contributed by atoms with van der Waals surface area (Å²) in [6, 6.07) is 17.9. The highest BCUT2D eigenvalue weighted by molar-refractivity contribution is 7.21. The summed E-state index contributed by atoms with van der Waals surface area (Å²) >= 11 is 2.39. The summed E-state index contributed by atoms with van der Waals surface area (Å²) in [7, 11) is 3.03. The summed E-state index contributed by atoms with van der Waals surface area (Å²) in [6.45, 7) is -1.19. The molecule has 0 saturated heterocycles. The minimum absolute atomic E-state index is 0.0625. The Hall–Kier alpha value is -7.30. The van der Waals surface area contributed by atoms with Crippen LogP contribution in [0.15, 0.2) is 66.7 Å². The van der Waals surface area contributed by atoms with Gasteiger partial charge in [0, 0.05) is 54.4 Å². The average Bonchev–Trinajstić information content (AvgIpc) is 3.94. The van der Waals surface area contributed by atoms with Crippen LogP contribution in [0.1, 0.15) is 50.6 Å². The van der Waals surface area contributed by atoms with Gasteiger partial charge in [0.1, 0.15) is 6.04 Å². The molecule has 0 aliphatic rings. The number of thiophene rings is 2. The molecule has 5 rings (SSSR count). The maximum atomic E-state index is 13.2. The third-order valence-electron chi connectivity index (χ3n) is 9.73. The number of carbonyl (C=O) groups excluding carboxylic acids is 6. The van der Waals surface area contributed by atoms with E-state index in [2.05, 4.69) is 21.3 Å². The molecule has 0 aliphatic carbocycles. The lowest BCUT2D eigenvalue weighted by molar-refractivity contribution is -0.138. The van der Waals surface area contributed by atoms with Crippen LogP contribution in [0.5, 0.6) is 23.0 Å². The van der Waals surface area contributed by atoms with Gasteiger partial charge in [-0.25, -0.2) is 0 Å². The van der Waals surface area contributed by atoms with Gasteiger partial charge in [0.15, 0.2) is 35.5 Å². The van der Waals surface area contributed by atoms with Crippen molar-refractivity contribution in [2.24, 2.45) is 5.73 Å². The van der Waals surface area contributed by atoms with Gasteiger partial charge < -0.3 is 61.1 Å². The molecule has 0 saturated carbocycles. The lowest BCUT2D eigenvalue weighted by atomic mass is 10.1. The van der Waals surface area contributed by atoms with Gasteiger partial charge in [-0.1, -0.05) is 30.3 Å². The molecule has 5 amide bonds. The van der Waals surface area contributed by atoms with Crippen LogP contribution in [0.4, 0.5) is 0 Å². The molecule has 0 spiro atoms. The zero-order chi connectivity index (χ0) is 48.5. The third-order valence-corrected chi connectivity index (χ3v) is 12.0. The fourth-order valence-electron chi connectivity index (χ4n) is 6.26. The number of Topliss-reactive ketones (excluding diaryl/α,β-unsaturated/α-hetero) is 1. The molecule has 0 aliphatic heterocycles. The number of aliphatic carboxylic acids is 2. The Morgan fingerprint density at radius 3 is 1.93 bits per heavy atom. The highest BCUT2D eigenvalue weighted by Crippen LogP contribution is 2.39. The van der Waals surface area contributed by atoms with Crippen molar-refractivity contribution < 1.29 is 67.5 Å². The first-order valence-corrected chi connectivity index (χ1v) is 22.4. The molecule has 0 fully saturated rings. The number of rotatable bonds is 27. The van der Waals surface area contributed by atoms with Gasteiger partial charge in [-0.3, -0.25) is 38.4 Å². The van der Waals surface area contributed by atoms with Gasteiger partial charge in [-0.05, 0) is 40.6 Å². The predicted molar refractivity (Wildman–Crippen MR) is 247 cm³/mol. The average molecular weight is 963 g/mol. The molecule has 0 unspecified atom stereocenters. The fraction of sp³-hybridized carbons (Fsp3) is 0.333. The number of nitrogens with two attached hydrogens (primary N) is 1. The van der Waals surface area contributed by atoms with Crippen LogP contribution in [-0.2, 0) is 35.2 Å². The third kappa shape index (κ3) is 15.4. The molecule has 22 heteroatoms. The number of ketones is 1. The topological polar surface area (TPSA) is 291 Å². The summed E-state index contributed by atoms with van der Waals surface area (Å²) < 4.78 is 25.1. The Kier molecular flexibility index (Phi) is 18.8. The van der Waals surface area contributed by atoms with Crippen LogP contribution >= 0.6 is 22.7 Å². The number of fused-ring (bicyclic) bond motifs is 2. The van der Waals surface area contributed by atoms with Gasteiger partial charge in [0.25, 0.3) is 5.91 Å². The zero-order valence-corrected chi connectivity index (χ0v) is 38.2. The van der Waals surface area contributed by atoms with Gasteiger partial charge in [0.2, 0.25) is 23.6 Å². The van der Waals surface area contributed by atoms with Crippen molar-refractivity contribution in [1.82, 2.24) is 26.2 Å². The number of carboxylic acid groups (broad SMARTS) is 2. The van der Waals surface area contributed by atoms with Crippen LogP contribution < -0.4 is 45.9 Å². The number of methoxy groups -OCH3 is 1. The van der Waals surface area contributed by atoms with Crippen molar-refractivity contribution in [3.8, 4) is 23.0 Å². The number of nitrogens with one attached hydrogen (secondary N) is 4. The van der Waals surface area contributed by atoms with Crippen LogP contribution in [-0.4, -0.2) is 129 Å². The van der Waals surface area contributed by atoms with E-state index >= 15 is 0 Å². The molecule has 1 atom stereocenters. The second kappa shape index (κ2) is 24.8. The molecule has 3 aromatic carbocycles. The maximum Gasteiger partial charge on any atom is 0.305 e. The van der Waals surface area contributed by atoms with Crippen molar-refractivity contribution in [1.29, 1.82) is 0 Å². The largest absolute Gasteiger partial charge is 0.493 e. The van der Waals surface area contributed by atoms with Crippen LogP contribution in [0, 0.1) is 0 Å². The first kappa shape index (κ1) is 50.7. The highest BCUT2D eigenvalue weighted by atomic mass is 32.1. The second-order valence-electron chi connectivity index (χ2n) is 14.7. The number of amides is 5. The van der Waals surface area contributed by atoms with E-state index in [9.17, 15) is 38.4 Å². The monoisotopic (exact) mass is 962 g/mol. The zero-order valence-electron chi connectivity index (χ0n) is 36.5. The summed E-state index contributed by atoms with van der Waals surface area (Å²) in [5, 5.41) is 29.4. The molecule has 0 radical (unpaired) electrons. The number of ether oxygens (including phenoxy) is 4. The Labute approximate surface area is 391 Å². The number of benzene rings is 3. The normalized spacial score (nSPS) is 11.3. The summed E-state index contributed by atoms with van der Waals surface area (Å²) in [5.74, 6) is -3.88. The summed E-state index contributed by atoms with van der Waals surface area (Å²) in [4.78, 5) is 100. The van der Waals surface area contributed by atoms with E-state index in [0.717, 1.165) is 27.0 Å². The van der Waals surface area contributed by atoms with Crippen LogP contribution in [0.3, 0.4) is 0 Å². The van der Waals surface area contributed by atoms with Crippen LogP contribution in [0.25, 0.3) is 20.2 Å². The van der Waals surface area contributed by atoms with E-state index in [0.29, 0.717) is 37.8 Å². The van der Waals surface area contributed by atoms with Crippen molar-refractivity contribution in [3.63, 3.8) is 0 Å². The SMILES string of the molecule is COc1cc2sc(C(=O)N(C)CCC(=O)O)cc2cc1OCCCOc1cc2cc(C(=O)CCC(=O)O)sc2cc1OCNC(=O)CNC(=O)[C@H](Cc1ccccc1)NC(=O)CNC(=O)CN. The fourth-order valence-corrected chi connectivity index (χ4v) is 8.37. The minimum Gasteiger partial charge on any atom is -0.493 e. The lowest BCUT2D eigenvalue weighted by Crippen LogP contribution is -2.52. The van der Waals surface area contributed by atoms with Crippen molar-refractivity contribution in [3.05, 3.63) is 82.0 Å². The number of carbonyl (C=O) groups is 8. The second-order valence-corrected chi connectivity index (χ2v) is 16.9. The standard InChI is InChI=1S/C45H50N6O14S2/c1-51(12-11-43(58)59)45(61)38-19-28-16-32(31(62-2)20-35(28)67-38)63-13-6-14-64-33-17-27-18-37(30(52)9-10-42(56)57)66-36(27)21-34(33)65-25-49-40(54)23-48-44(60)29(15-26-7-4-3-5-8-26)50-41(55)24-47-39(53)22-46/h3-5,7-8,16-21,29H,6,9-15,22-25,46H2,1-2H3,(H,47,53)(H,48,60)(H,49,54)(H,50,55)(H,56,57)(H,58,59)/t29-/m0/s1.